The Bertz CT molecular complexity index is 391. The van der Waals surface area contributed by atoms with E-state index in [9.17, 15) is 9.90 Å². The summed E-state index contributed by atoms with van der Waals surface area (Å²) in [5.41, 5.74) is 7.05. The Morgan fingerprint density at radius 2 is 2.12 bits per heavy atom. The Hall–Kier alpha value is -1.03. The zero-order valence-corrected chi connectivity index (χ0v) is 11.0. The van der Waals surface area contributed by atoms with Crippen LogP contribution in [-0.4, -0.2) is 11.1 Å². The van der Waals surface area contributed by atoms with E-state index in [1.165, 1.54) is 0 Å². The third kappa shape index (κ3) is 3.23. The highest BCUT2D eigenvalue weighted by atomic mass is 79.9. The number of halogens is 1. The van der Waals surface area contributed by atoms with Crippen molar-refractivity contribution in [3.63, 3.8) is 0 Å². The molecular formula is C12H16BrNO2. The number of carboxylic acids is 1. The summed E-state index contributed by atoms with van der Waals surface area (Å²) in [4.78, 5) is 11.2. The standard InChI is InChI=1S/C12H16BrNO2/c1-7(2)5-10(12(15)16)9-6-8(13)3-4-11(9)14/h3-4,6-7,10H,5,14H2,1-2H3,(H,15,16). The van der Waals surface area contributed by atoms with Crippen LogP contribution in [0.1, 0.15) is 31.7 Å². The van der Waals surface area contributed by atoms with Gasteiger partial charge in [0.05, 0.1) is 5.92 Å². The molecule has 0 fully saturated rings. The molecule has 1 unspecified atom stereocenters. The Balaban J connectivity index is 3.10. The van der Waals surface area contributed by atoms with Gasteiger partial charge in [-0.3, -0.25) is 4.79 Å². The van der Waals surface area contributed by atoms with Gasteiger partial charge in [0.1, 0.15) is 0 Å². The van der Waals surface area contributed by atoms with Crippen molar-refractivity contribution >= 4 is 27.6 Å². The molecule has 0 bridgehead atoms. The van der Waals surface area contributed by atoms with Crippen molar-refractivity contribution in [2.45, 2.75) is 26.2 Å². The molecule has 88 valence electrons. The average Bonchev–Trinajstić information content (AvgIpc) is 2.18. The lowest BCUT2D eigenvalue weighted by atomic mass is 9.89. The van der Waals surface area contributed by atoms with Gasteiger partial charge in [0, 0.05) is 10.2 Å². The number of anilines is 1. The van der Waals surface area contributed by atoms with Crippen molar-refractivity contribution in [2.75, 3.05) is 5.73 Å². The summed E-state index contributed by atoms with van der Waals surface area (Å²) >= 11 is 3.33. The molecule has 1 aromatic rings. The van der Waals surface area contributed by atoms with Crippen LogP contribution in [0.5, 0.6) is 0 Å². The minimum atomic E-state index is -0.821. The van der Waals surface area contributed by atoms with Crippen molar-refractivity contribution in [1.82, 2.24) is 0 Å². The maximum Gasteiger partial charge on any atom is 0.311 e. The lowest BCUT2D eigenvalue weighted by molar-refractivity contribution is -0.139. The number of nitrogens with two attached hydrogens (primary N) is 1. The molecule has 16 heavy (non-hydrogen) atoms. The number of nitrogen functional groups attached to an aromatic ring is 1. The van der Waals surface area contributed by atoms with Crippen LogP contribution in [0.15, 0.2) is 22.7 Å². The minimum absolute atomic E-state index is 0.319. The van der Waals surface area contributed by atoms with Crippen molar-refractivity contribution < 1.29 is 9.90 Å². The van der Waals surface area contributed by atoms with Crippen LogP contribution in [0.4, 0.5) is 5.69 Å². The van der Waals surface area contributed by atoms with Crippen molar-refractivity contribution in [2.24, 2.45) is 5.92 Å². The Morgan fingerprint density at radius 3 is 2.62 bits per heavy atom. The number of aliphatic carboxylic acids is 1. The van der Waals surface area contributed by atoms with Gasteiger partial charge in [-0.2, -0.15) is 0 Å². The second kappa shape index (κ2) is 5.34. The maximum atomic E-state index is 11.2. The van der Waals surface area contributed by atoms with Gasteiger partial charge < -0.3 is 10.8 Å². The van der Waals surface area contributed by atoms with E-state index in [2.05, 4.69) is 15.9 Å². The molecule has 1 aromatic carbocycles. The minimum Gasteiger partial charge on any atom is -0.481 e. The third-order valence-corrected chi connectivity index (χ3v) is 2.92. The summed E-state index contributed by atoms with van der Waals surface area (Å²) in [6.07, 6.45) is 0.593. The van der Waals surface area contributed by atoms with Crippen LogP contribution < -0.4 is 5.73 Å². The van der Waals surface area contributed by atoms with Crippen LogP contribution in [0.3, 0.4) is 0 Å². The predicted octanol–water partition coefficient (Wildman–Crippen LogP) is 3.25. The first kappa shape index (κ1) is 13.0. The molecule has 0 amide bonds. The number of benzene rings is 1. The summed E-state index contributed by atoms with van der Waals surface area (Å²) in [5.74, 6) is -1.03. The van der Waals surface area contributed by atoms with Crippen LogP contribution in [0, 0.1) is 5.92 Å². The smallest absolute Gasteiger partial charge is 0.311 e. The molecule has 0 aromatic heterocycles. The molecule has 4 heteroatoms. The summed E-state index contributed by atoms with van der Waals surface area (Å²) in [6, 6.07) is 5.33. The van der Waals surface area contributed by atoms with E-state index < -0.39 is 11.9 Å². The van der Waals surface area contributed by atoms with E-state index in [-0.39, 0.29) is 0 Å². The van der Waals surface area contributed by atoms with Gasteiger partial charge in [-0.25, -0.2) is 0 Å². The lowest BCUT2D eigenvalue weighted by Crippen LogP contribution is -2.15. The zero-order valence-electron chi connectivity index (χ0n) is 9.40. The van der Waals surface area contributed by atoms with Crippen molar-refractivity contribution in [3.8, 4) is 0 Å². The number of hydrogen-bond acceptors (Lipinski definition) is 2. The molecule has 0 saturated heterocycles. The molecule has 0 saturated carbocycles. The summed E-state index contributed by atoms with van der Waals surface area (Å²) in [6.45, 7) is 4.01. The molecule has 1 atom stereocenters. The second-order valence-electron chi connectivity index (χ2n) is 4.29. The third-order valence-electron chi connectivity index (χ3n) is 2.43. The highest BCUT2D eigenvalue weighted by molar-refractivity contribution is 9.10. The summed E-state index contributed by atoms with van der Waals surface area (Å²) < 4.78 is 0.853. The monoisotopic (exact) mass is 285 g/mol. The predicted molar refractivity (Wildman–Crippen MR) is 68.4 cm³/mol. The molecule has 0 radical (unpaired) electrons. The van der Waals surface area contributed by atoms with Gasteiger partial charge in [-0.15, -0.1) is 0 Å². The van der Waals surface area contributed by atoms with Crippen LogP contribution in [-0.2, 0) is 4.79 Å². The average molecular weight is 286 g/mol. The molecule has 0 spiro atoms. The summed E-state index contributed by atoms with van der Waals surface area (Å²) in [7, 11) is 0. The van der Waals surface area contributed by atoms with E-state index in [1.54, 1.807) is 12.1 Å². The Kier molecular flexibility index (Phi) is 4.35. The van der Waals surface area contributed by atoms with E-state index in [1.807, 2.05) is 19.9 Å². The molecule has 0 aliphatic rings. The number of carbonyl (C=O) groups is 1. The zero-order chi connectivity index (χ0) is 12.3. The van der Waals surface area contributed by atoms with E-state index in [4.69, 9.17) is 5.73 Å². The fourth-order valence-corrected chi connectivity index (χ4v) is 2.06. The molecule has 0 heterocycles. The van der Waals surface area contributed by atoms with Crippen LogP contribution in [0.25, 0.3) is 0 Å². The topological polar surface area (TPSA) is 63.3 Å². The molecule has 3 nitrogen and oxygen atoms in total. The first-order chi connectivity index (χ1) is 7.41. The summed E-state index contributed by atoms with van der Waals surface area (Å²) in [5, 5.41) is 9.22. The van der Waals surface area contributed by atoms with Crippen LogP contribution >= 0.6 is 15.9 Å². The van der Waals surface area contributed by atoms with E-state index in [0.717, 1.165) is 4.47 Å². The van der Waals surface area contributed by atoms with Crippen LogP contribution in [0.2, 0.25) is 0 Å². The number of hydrogen-bond donors (Lipinski definition) is 2. The van der Waals surface area contributed by atoms with Gasteiger partial charge in [0.15, 0.2) is 0 Å². The second-order valence-corrected chi connectivity index (χ2v) is 5.21. The van der Waals surface area contributed by atoms with E-state index >= 15 is 0 Å². The van der Waals surface area contributed by atoms with Gasteiger partial charge in [0.25, 0.3) is 0 Å². The van der Waals surface area contributed by atoms with Crippen molar-refractivity contribution in [3.05, 3.63) is 28.2 Å². The normalized spacial score (nSPS) is 12.8. The lowest BCUT2D eigenvalue weighted by Gasteiger charge is -2.17. The fourth-order valence-electron chi connectivity index (χ4n) is 1.68. The molecule has 0 aliphatic carbocycles. The fraction of sp³-hybridized carbons (Fsp3) is 0.417. The van der Waals surface area contributed by atoms with E-state index in [0.29, 0.717) is 23.6 Å². The quantitative estimate of drug-likeness (QED) is 0.835. The SMILES string of the molecule is CC(C)CC(C(=O)O)c1cc(Br)ccc1N. The Labute approximate surface area is 104 Å². The largest absolute Gasteiger partial charge is 0.481 e. The number of carboxylic acid groups (broad SMARTS) is 1. The van der Waals surface area contributed by atoms with Gasteiger partial charge in [-0.1, -0.05) is 29.8 Å². The number of rotatable bonds is 4. The van der Waals surface area contributed by atoms with Crippen molar-refractivity contribution in [1.29, 1.82) is 0 Å². The highest BCUT2D eigenvalue weighted by Crippen LogP contribution is 2.30. The molecular weight excluding hydrogens is 270 g/mol. The van der Waals surface area contributed by atoms with Gasteiger partial charge >= 0.3 is 5.97 Å². The maximum absolute atomic E-state index is 11.2. The first-order valence-corrected chi connectivity index (χ1v) is 5.98. The molecule has 0 aliphatic heterocycles. The molecule has 3 N–H and O–H groups in total. The molecule has 1 rings (SSSR count). The highest BCUT2D eigenvalue weighted by Gasteiger charge is 2.23. The van der Waals surface area contributed by atoms with Gasteiger partial charge in [-0.05, 0) is 36.1 Å². The van der Waals surface area contributed by atoms with Gasteiger partial charge in [0.2, 0.25) is 0 Å². The first-order valence-electron chi connectivity index (χ1n) is 5.19. The Morgan fingerprint density at radius 1 is 1.50 bits per heavy atom.